The second-order valence-corrected chi connectivity index (χ2v) is 6.49. The fourth-order valence-electron chi connectivity index (χ4n) is 2.62. The van der Waals surface area contributed by atoms with Crippen LogP contribution in [0.2, 0.25) is 0 Å². The van der Waals surface area contributed by atoms with Gasteiger partial charge in [0.05, 0.1) is 0 Å². The van der Waals surface area contributed by atoms with Gasteiger partial charge in [0.25, 0.3) is 0 Å². The number of hydrogen-bond acceptors (Lipinski definition) is 6. The Balaban J connectivity index is 1.42. The van der Waals surface area contributed by atoms with Gasteiger partial charge in [0.1, 0.15) is 23.8 Å². The molecule has 8 heteroatoms. The summed E-state index contributed by atoms with van der Waals surface area (Å²) < 4.78 is 0. The summed E-state index contributed by atoms with van der Waals surface area (Å²) in [6.45, 7) is 5.08. The number of anilines is 4. The molecule has 2 amide bonds. The van der Waals surface area contributed by atoms with Crippen molar-refractivity contribution in [1.82, 2.24) is 20.3 Å². The van der Waals surface area contributed by atoms with Gasteiger partial charge in [0.2, 0.25) is 0 Å². The summed E-state index contributed by atoms with van der Waals surface area (Å²) in [5.74, 6) is 2.02. The molecule has 150 valence electrons. The number of carbonyl (C=O) groups excluding carboxylic acids is 1. The van der Waals surface area contributed by atoms with Crippen LogP contribution in [0.5, 0.6) is 0 Å². The number of aromatic nitrogens is 3. The smallest absolute Gasteiger partial charge is 0.319 e. The Morgan fingerprint density at radius 1 is 0.931 bits per heavy atom. The van der Waals surface area contributed by atoms with Crippen LogP contribution in [0.1, 0.15) is 18.1 Å². The van der Waals surface area contributed by atoms with E-state index in [4.69, 9.17) is 0 Å². The number of nitrogens with zero attached hydrogens (tertiary/aromatic N) is 3. The van der Waals surface area contributed by atoms with E-state index in [1.165, 1.54) is 11.9 Å². The zero-order valence-electron chi connectivity index (χ0n) is 16.6. The van der Waals surface area contributed by atoms with E-state index in [0.717, 1.165) is 23.5 Å². The van der Waals surface area contributed by atoms with E-state index in [2.05, 4.69) is 43.1 Å². The monoisotopic (exact) mass is 391 g/mol. The van der Waals surface area contributed by atoms with E-state index in [9.17, 15) is 4.79 Å². The van der Waals surface area contributed by atoms with Crippen LogP contribution in [0.25, 0.3) is 0 Å². The number of benzene rings is 1. The third-order valence-corrected chi connectivity index (χ3v) is 4.18. The molecule has 3 aromatic rings. The molecule has 2 aromatic heterocycles. The van der Waals surface area contributed by atoms with Crippen molar-refractivity contribution in [2.45, 2.75) is 20.3 Å². The Morgan fingerprint density at radius 2 is 1.69 bits per heavy atom. The maximum absolute atomic E-state index is 12.0. The summed E-state index contributed by atoms with van der Waals surface area (Å²) in [4.78, 5) is 24.6. The number of rotatable bonds is 8. The molecular weight excluding hydrogens is 366 g/mol. The van der Waals surface area contributed by atoms with Gasteiger partial charge in [-0.15, -0.1) is 0 Å². The highest BCUT2D eigenvalue weighted by molar-refractivity contribution is 5.89. The molecule has 0 spiro atoms. The molecule has 0 aliphatic rings. The molecule has 0 bridgehead atoms. The van der Waals surface area contributed by atoms with Crippen molar-refractivity contribution in [3.8, 4) is 0 Å². The largest absolute Gasteiger partial charge is 0.368 e. The lowest BCUT2D eigenvalue weighted by molar-refractivity contribution is 0.252. The van der Waals surface area contributed by atoms with Crippen molar-refractivity contribution >= 4 is 29.2 Å². The molecule has 8 nitrogen and oxygen atoms in total. The van der Waals surface area contributed by atoms with Crippen molar-refractivity contribution in [1.29, 1.82) is 0 Å². The molecule has 0 aliphatic heterocycles. The van der Waals surface area contributed by atoms with Crippen molar-refractivity contribution < 1.29 is 4.79 Å². The van der Waals surface area contributed by atoms with Gasteiger partial charge in [0.15, 0.2) is 0 Å². The van der Waals surface area contributed by atoms with E-state index in [-0.39, 0.29) is 6.03 Å². The summed E-state index contributed by atoms with van der Waals surface area (Å²) in [6.07, 6.45) is 4.19. The van der Waals surface area contributed by atoms with Crippen molar-refractivity contribution in [2.24, 2.45) is 0 Å². The molecule has 0 saturated heterocycles. The van der Waals surface area contributed by atoms with Gasteiger partial charge in [-0.2, -0.15) is 0 Å². The maximum atomic E-state index is 12.0. The standard InChI is InChI=1S/C21H25N7O/c1-3-16-4-6-17(7-5-16)27-21(29)24-11-10-23-18-13-20(26-14-25-18)28-19-12-15(2)8-9-22-19/h4-9,12-14H,3,10-11H2,1-2H3,(H2,24,27,29)(H2,22,23,25,26,28). The van der Waals surface area contributed by atoms with Crippen molar-refractivity contribution in [3.05, 3.63) is 66.1 Å². The topological polar surface area (TPSA) is 104 Å². The Kier molecular flexibility index (Phi) is 6.94. The molecule has 0 saturated carbocycles. The van der Waals surface area contributed by atoms with Crippen LogP contribution in [0.4, 0.5) is 27.9 Å². The van der Waals surface area contributed by atoms with Crippen molar-refractivity contribution in [3.63, 3.8) is 0 Å². The summed E-state index contributed by atoms with van der Waals surface area (Å²) >= 11 is 0. The van der Waals surface area contributed by atoms with Gasteiger partial charge in [-0.25, -0.2) is 19.7 Å². The van der Waals surface area contributed by atoms with Crippen LogP contribution in [0, 0.1) is 6.92 Å². The number of nitrogens with one attached hydrogen (secondary N) is 4. The normalized spacial score (nSPS) is 10.3. The first-order valence-electron chi connectivity index (χ1n) is 9.52. The summed E-state index contributed by atoms with van der Waals surface area (Å²) in [5, 5.41) is 11.9. The molecule has 3 rings (SSSR count). The highest BCUT2D eigenvalue weighted by Crippen LogP contribution is 2.15. The second-order valence-electron chi connectivity index (χ2n) is 6.49. The third-order valence-electron chi connectivity index (χ3n) is 4.18. The average molecular weight is 391 g/mol. The highest BCUT2D eigenvalue weighted by atomic mass is 16.2. The zero-order valence-corrected chi connectivity index (χ0v) is 16.6. The first-order chi connectivity index (χ1) is 14.1. The number of aryl methyl sites for hydroxylation is 2. The average Bonchev–Trinajstić information content (AvgIpc) is 2.72. The minimum atomic E-state index is -0.244. The molecular formula is C21H25N7O. The van der Waals surface area contributed by atoms with E-state index < -0.39 is 0 Å². The van der Waals surface area contributed by atoms with E-state index in [1.807, 2.05) is 43.3 Å². The number of urea groups is 1. The lowest BCUT2D eigenvalue weighted by Crippen LogP contribution is -2.32. The minimum absolute atomic E-state index is 0.244. The Labute approximate surface area is 170 Å². The molecule has 0 unspecified atom stereocenters. The molecule has 0 aliphatic carbocycles. The van der Waals surface area contributed by atoms with Crippen LogP contribution in [0.15, 0.2) is 55.0 Å². The first kappa shape index (κ1) is 20.1. The lowest BCUT2D eigenvalue weighted by Gasteiger charge is -2.10. The Bertz CT molecular complexity index is 944. The van der Waals surface area contributed by atoms with Gasteiger partial charge in [0, 0.05) is 31.0 Å². The Hall–Kier alpha value is -3.68. The molecule has 29 heavy (non-hydrogen) atoms. The van der Waals surface area contributed by atoms with E-state index in [1.54, 1.807) is 12.3 Å². The number of pyridine rings is 1. The van der Waals surface area contributed by atoms with Crippen LogP contribution < -0.4 is 21.3 Å². The maximum Gasteiger partial charge on any atom is 0.319 e. The quantitative estimate of drug-likeness (QED) is 0.436. The predicted molar refractivity (Wildman–Crippen MR) is 116 cm³/mol. The summed E-state index contributed by atoms with van der Waals surface area (Å²) in [6, 6.07) is 13.2. The molecule has 2 heterocycles. The van der Waals surface area contributed by atoms with Gasteiger partial charge >= 0.3 is 6.03 Å². The molecule has 0 atom stereocenters. The number of amides is 2. The first-order valence-corrected chi connectivity index (χ1v) is 9.52. The van der Waals surface area contributed by atoms with Gasteiger partial charge in [-0.05, 0) is 48.7 Å². The summed E-state index contributed by atoms with van der Waals surface area (Å²) in [5.41, 5.74) is 3.11. The minimum Gasteiger partial charge on any atom is -0.368 e. The fourth-order valence-corrected chi connectivity index (χ4v) is 2.62. The SMILES string of the molecule is CCc1ccc(NC(=O)NCCNc2cc(Nc3cc(C)ccn3)ncn2)cc1. The van der Waals surface area contributed by atoms with Crippen LogP contribution in [-0.4, -0.2) is 34.1 Å². The zero-order chi connectivity index (χ0) is 20.5. The van der Waals surface area contributed by atoms with Crippen LogP contribution >= 0.6 is 0 Å². The predicted octanol–water partition coefficient (Wildman–Crippen LogP) is 3.72. The summed E-state index contributed by atoms with van der Waals surface area (Å²) in [7, 11) is 0. The second kappa shape index (κ2) is 10.0. The van der Waals surface area contributed by atoms with Gasteiger partial charge < -0.3 is 21.3 Å². The number of carbonyl (C=O) groups is 1. The van der Waals surface area contributed by atoms with Crippen LogP contribution in [-0.2, 0) is 6.42 Å². The van der Waals surface area contributed by atoms with Gasteiger partial charge in [-0.3, -0.25) is 0 Å². The fraction of sp³-hybridized carbons (Fsp3) is 0.238. The van der Waals surface area contributed by atoms with E-state index >= 15 is 0 Å². The Morgan fingerprint density at radius 3 is 2.45 bits per heavy atom. The van der Waals surface area contributed by atoms with Crippen molar-refractivity contribution in [2.75, 3.05) is 29.0 Å². The number of hydrogen-bond donors (Lipinski definition) is 4. The molecule has 4 N–H and O–H groups in total. The molecule has 0 radical (unpaired) electrons. The van der Waals surface area contributed by atoms with Crippen LogP contribution in [0.3, 0.4) is 0 Å². The van der Waals surface area contributed by atoms with E-state index in [0.29, 0.717) is 24.7 Å². The molecule has 1 aromatic carbocycles. The third kappa shape index (κ3) is 6.46. The lowest BCUT2D eigenvalue weighted by atomic mass is 10.1. The highest BCUT2D eigenvalue weighted by Gasteiger charge is 2.03. The van der Waals surface area contributed by atoms with Gasteiger partial charge in [-0.1, -0.05) is 19.1 Å². The molecule has 0 fully saturated rings.